The van der Waals surface area contributed by atoms with Gasteiger partial charge in [0.1, 0.15) is 5.52 Å². The molecule has 1 saturated carbocycles. The summed E-state index contributed by atoms with van der Waals surface area (Å²) in [5, 5.41) is 3.87. The van der Waals surface area contributed by atoms with Crippen LogP contribution in [0, 0.1) is 5.92 Å². The molecular formula is C18H22ClN3O2. The van der Waals surface area contributed by atoms with Crippen LogP contribution in [0.25, 0.3) is 11.1 Å². The number of hydrogen-bond acceptors (Lipinski definition) is 4. The monoisotopic (exact) mass is 347 g/mol. The minimum atomic E-state index is 0.112. The number of benzene rings is 1. The van der Waals surface area contributed by atoms with Crippen LogP contribution in [-0.4, -0.2) is 30.0 Å². The van der Waals surface area contributed by atoms with Gasteiger partial charge in [-0.25, -0.2) is 0 Å². The van der Waals surface area contributed by atoms with Gasteiger partial charge in [0.15, 0.2) is 5.58 Å². The number of nitrogens with one attached hydrogen (secondary N) is 1. The number of rotatable bonds is 3. The minimum Gasteiger partial charge on any atom is -0.423 e. The Hall–Kier alpha value is -1.75. The lowest BCUT2D eigenvalue weighted by atomic mass is 9.95. The van der Waals surface area contributed by atoms with Gasteiger partial charge in [0.2, 0.25) is 5.91 Å². The molecule has 1 aliphatic heterocycles. The van der Waals surface area contributed by atoms with Gasteiger partial charge in [0.25, 0.3) is 6.01 Å². The number of halogens is 1. The van der Waals surface area contributed by atoms with Crippen molar-refractivity contribution in [2.24, 2.45) is 5.92 Å². The normalized spacial score (nSPS) is 20.0. The first-order chi connectivity index (χ1) is 11.7. The fourth-order valence-corrected chi connectivity index (χ4v) is 3.91. The van der Waals surface area contributed by atoms with Crippen LogP contribution in [-0.2, 0) is 4.79 Å². The standard InChI is InChI=1S/C18H22ClN3O2/c19-13-5-6-15-16(11-13)24-18(21-15)22-9-7-12(8-10-22)17(23)20-14-3-1-2-4-14/h5-6,11-12,14H,1-4,7-10H2,(H,20,23). The lowest BCUT2D eigenvalue weighted by molar-refractivity contribution is -0.126. The first-order valence-electron chi connectivity index (χ1n) is 8.80. The molecule has 1 aliphatic carbocycles. The summed E-state index contributed by atoms with van der Waals surface area (Å²) in [6.07, 6.45) is 6.44. The number of hydrogen-bond donors (Lipinski definition) is 1. The number of amides is 1. The van der Waals surface area contributed by atoms with E-state index in [0.29, 0.717) is 22.7 Å². The van der Waals surface area contributed by atoms with Crippen molar-refractivity contribution in [2.75, 3.05) is 18.0 Å². The maximum Gasteiger partial charge on any atom is 0.298 e. The smallest absolute Gasteiger partial charge is 0.298 e. The van der Waals surface area contributed by atoms with E-state index >= 15 is 0 Å². The molecule has 6 heteroatoms. The first-order valence-corrected chi connectivity index (χ1v) is 9.18. The highest BCUT2D eigenvalue weighted by Crippen LogP contribution is 2.28. The Kier molecular flexibility index (Phi) is 4.35. The van der Waals surface area contributed by atoms with Crippen LogP contribution in [0.5, 0.6) is 0 Å². The molecule has 5 nitrogen and oxygen atoms in total. The second-order valence-electron chi connectivity index (χ2n) is 6.86. The van der Waals surface area contributed by atoms with Crippen molar-refractivity contribution in [1.82, 2.24) is 10.3 Å². The van der Waals surface area contributed by atoms with Gasteiger partial charge in [-0.1, -0.05) is 24.4 Å². The van der Waals surface area contributed by atoms with Crippen molar-refractivity contribution < 1.29 is 9.21 Å². The lowest BCUT2D eigenvalue weighted by Gasteiger charge is -2.30. The third-order valence-electron chi connectivity index (χ3n) is 5.18. The lowest BCUT2D eigenvalue weighted by Crippen LogP contribution is -2.43. The molecule has 0 atom stereocenters. The van der Waals surface area contributed by atoms with Crippen LogP contribution in [0.2, 0.25) is 5.02 Å². The van der Waals surface area contributed by atoms with Crippen molar-refractivity contribution in [3.63, 3.8) is 0 Å². The van der Waals surface area contributed by atoms with E-state index in [1.165, 1.54) is 12.8 Å². The fourth-order valence-electron chi connectivity index (χ4n) is 3.74. The van der Waals surface area contributed by atoms with Crippen molar-refractivity contribution in [2.45, 2.75) is 44.6 Å². The van der Waals surface area contributed by atoms with E-state index < -0.39 is 0 Å². The summed E-state index contributed by atoms with van der Waals surface area (Å²) in [6, 6.07) is 6.50. The highest BCUT2D eigenvalue weighted by atomic mass is 35.5. The summed E-state index contributed by atoms with van der Waals surface area (Å²) >= 11 is 5.99. The van der Waals surface area contributed by atoms with Gasteiger partial charge >= 0.3 is 0 Å². The molecule has 1 amide bonds. The van der Waals surface area contributed by atoms with Gasteiger partial charge < -0.3 is 14.6 Å². The average Bonchev–Trinajstić information content (AvgIpc) is 3.24. The molecule has 4 rings (SSSR count). The van der Waals surface area contributed by atoms with E-state index in [9.17, 15) is 4.79 Å². The molecule has 0 radical (unpaired) electrons. The largest absolute Gasteiger partial charge is 0.423 e. The molecule has 1 aromatic heterocycles. The zero-order valence-corrected chi connectivity index (χ0v) is 14.4. The van der Waals surface area contributed by atoms with Crippen LogP contribution in [0.15, 0.2) is 22.6 Å². The van der Waals surface area contributed by atoms with Crippen LogP contribution in [0.4, 0.5) is 6.01 Å². The van der Waals surface area contributed by atoms with Crippen LogP contribution in [0.3, 0.4) is 0 Å². The van der Waals surface area contributed by atoms with Gasteiger partial charge in [0.05, 0.1) is 0 Å². The van der Waals surface area contributed by atoms with Crippen molar-refractivity contribution in [3.05, 3.63) is 23.2 Å². The highest BCUT2D eigenvalue weighted by Gasteiger charge is 2.29. The predicted molar refractivity (Wildman–Crippen MR) is 94.4 cm³/mol. The fraction of sp³-hybridized carbons (Fsp3) is 0.556. The SMILES string of the molecule is O=C(NC1CCCC1)C1CCN(c2nc3ccc(Cl)cc3o2)CC1. The minimum absolute atomic E-state index is 0.112. The highest BCUT2D eigenvalue weighted by molar-refractivity contribution is 6.31. The van der Waals surface area contributed by atoms with E-state index in [1.54, 1.807) is 6.07 Å². The number of piperidine rings is 1. The van der Waals surface area contributed by atoms with E-state index in [-0.39, 0.29) is 11.8 Å². The predicted octanol–water partition coefficient (Wildman–Crippen LogP) is 3.76. The number of anilines is 1. The Morgan fingerprint density at radius 1 is 1.21 bits per heavy atom. The van der Waals surface area contributed by atoms with Crippen molar-refractivity contribution in [3.8, 4) is 0 Å². The molecule has 1 N–H and O–H groups in total. The maximum atomic E-state index is 12.4. The molecular weight excluding hydrogens is 326 g/mol. The quantitative estimate of drug-likeness (QED) is 0.918. The molecule has 24 heavy (non-hydrogen) atoms. The van der Waals surface area contributed by atoms with Crippen LogP contribution in [0.1, 0.15) is 38.5 Å². The number of carbonyl (C=O) groups excluding carboxylic acids is 1. The number of oxazole rings is 1. The van der Waals surface area contributed by atoms with Gasteiger partial charge in [0, 0.05) is 36.1 Å². The molecule has 0 spiro atoms. The zero-order chi connectivity index (χ0) is 16.5. The molecule has 2 fully saturated rings. The third kappa shape index (κ3) is 3.22. The van der Waals surface area contributed by atoms with Gasteiger partial charge in [-0.3, -0.25) is 4.79 Å². The Bertz CT molecular complexity index is 731. The van der Waals surface area contributed by atoms with E-state index in [2.05, 4.69) is 15.2 Å². The molecule has 1 saturated heterocycles. The van der Waals surface area contributed by atoms with Crippen molar-refractivity contribution in [1.29, 1.82) is 0 Å². The summed E-state index contributed by atoms with van der Waals surface area (Å²) in [6.45, 7) is 1.59. The topological polar surface area (TPSA) is 58.4 Å². The summed E-state index contributed by atoms with van der Waals surface area (Å²) in [4.78, 5) is 19.0. The van der Waals surface area contributed by atoms with Crippen LogP contribution < -0.4 is 10.2 Å². The molecule has 2 aromatic rings. The molecule has 0 bridgehead atoms. The molecule has 0 unspecified atom stereocenters. The van der Waals surface area contributed by atoms with Gasteiger partial charge in [-0.15, -0.1) is 0 Å². The summed E-state index contributed by atoms with van der Waals surface area (Å²) < 4.78 is 5.82. The van der Waals surface area contributed by atoms with Gasteiger partial charge in [-0.2, -0.15) is 4.98 Å². The Morgan fingerprint density at radius 3 is 2.71 bits per heavy atom. The number of aromatic nitrogens is 1. The Labute approximate surface area is 146 Å². The number of carbonyl (C=O) groups is 1. The maximum absolute atomic E-state index is 12.4. The summed E-state index contributed by atoms with van der Waals surface area (Å²) in [5.41, 5.74) is 1.52. The van der Waals surface area contributed by atoms with E-state index in [0.717, 1.165) is 44.3 Å². The molecule has 2 aliphatic rings. The van der Waals surface area contributed by atoms with E-state index in [4.69, 9.17) is 16.0 Å². The van der Waals surface area contributed by atoms with Crippen LogP contribution >= 0.6 is 11.6 Å². The third-order valence-corrected chi connectivity index (χ3v) is 5.41. The number of fused-ring (bicyclic) bond motifs is 1. The Morgan fingerprint density at radius 2 is 1.96 bits per heavy atom. The number of nitrogens with zero attached hydrogens (tertiary/aromatic N) is 2. The average molecular weight is 348 g/mol. The van der Waals surface area contributed by atoms with Crippen molar-refractivity contribution >= 4 is 34.6 Å². The second-order valence-corrected chi connectivity index (χ2v) is 7.30. The first kappa shape index (κ1) is 15.8. The molecule has 128 valence electrons. The summed E-state index contributed by atoms with van der Waals surface area (Å²) in [5.74, 6) is 0.339. The van der Waals surface area contributed by atoms with Gasteiger partial charge in [-0.05, 0) is 37.8 Å². The van der Waals surface area contributed by atoms with E-state index in [1.807, 2.05) is 12.1 Å². The summed E-state index contributed by atoms with van der Waals surface area (Å²) in [7, 11) is 0. The molecule has 2 heterocycles. The Balaban J connectivity index is 1.37. The molecule has 1 aromatic carbocycles. The zero-order valence-electron chi connectivity index (χ0n) is 13.6. The second kappa shape index (κ2) is 6.63.